The van der Waals surface area contributed by atoms with Gasteiger partial charge in [-0.25, -0.2) is 4.39 Å². The number of halogens is 1. The van der Waals surface area contributed by atoms with Gasteiger partial charge in [0, 0.05) is 6.54 Å². The predicted octanol–water partition coefficient (Wildman–Crippen LogP) is 0.101. The Kier molecular flexibility index (Phi) is 3.58. The molecule has 5 heteroatoms. The van der Waals surface area contributed by atoms with E-state index in [1.54, 1.807) is 6.07 Å². The highest BCUT2D eigenvalue weighted by atomic mass is 19.1. The number of likely N-dealkylation sites (tertiary alicyclic amines) is 1. The summed E-state index contributed by atoms with van der Waals surface area (Å²) < 4.78 is 13.0. The van der Waals surface area contributed by atoms with E-state index in [9.17, 15) is 14.4 Å². The van der Waals surface area contributed by atoms with Crippen molar-refractivity contribution >= 4 is 12.6 Å². The van der Waals surface area contributed by atoms with Gasteiger partial charge < -0.3 is 10.0 Å². The fourth-order valence-electron chi connectivity index (χ4n) is 2.13. The molecule has 2 rings (SSSR count). The van der Waals surface area contributed by atoms with Gasteiger partial charge in [-0.3, -0.25) is 4.90 Å². The van der Waals surface area contributed by atoms with Crippen LogP contribution in [-0.4, -0.2) is 35.2 Å². The monoisotopic (exact) mass is 223 g/mol. The third-order valence-corrected chi connectivity index (χ3v) is 2.98. The summed E-state index contributed by atoms with van der Waals surface area (Å²) in [5, 5.41) is 18.3. The third kappa shape index (κ3) is 2.61. The molecule has 1 heterocycles. The van der Waals surface area contributed by atoms with Crippen LogP contribution < -0.4 is 5.46 Å². The first-order valence-electron chi connectivity index (χ1n) is 5.53. The van der Waals surface area contributed by atoms with E-state index in [4.69, 9.17) is 0 Å². The third-order valence-electron chi connectivity index (χ3n) is 2.98. The van der Waals surface area contributed by atoms with Gasteiger partial charge in [-0.1, -0.05) is 6.07 Å². The molecule has 86 valence electrons. The minimum atomic E-state index is -1.60. The highest BCUT2D eigenvalue weighted by molar-refractivity contribution is 6.59. The van der Waals surface area contributed by atoms with Crippen LogP contribution in [0.4, 0.5) is 4.39 Å². The lowest BCUT2D eigenvalue weighted by Crippen LogP contribution is -2.35. The second-order valence-corrected chi connectivity index (χ2v) is 4.20. The van der Waals surface area contributed by atoms with Crippen LogP contribution >= 0.6 is 0 Å². The molecule has 0 radical (unpaired) electrons. The first-order chi connectivity index (χ1) is 7.66. The first kappa shape index (κ1) is 11.6. The van der Waals surface area contributed by atoms with Crippen molar-refractivity contribution in [3.63, 3.8) is 0 Å². The van der Waals surface area contributed by atoms with Crippen molar-refractivity contribution in [3.05, 3.63) is 29.6 Å². The van der Waals surface area contributed by atoms with Gasteiger partial charge in [0.25, 0.3) is 0 Å². The maximum absolute atomic E-state index is 13.0. The summed E-state index contributed by atoms with van der Waals surface area (Å²) in [6.07, 6.45) is 2.36. The van der Waals surface area contributed by atoms with E-state index < -0.39 is 12.9 Å². The minimum Gasteiger partial charge on any atom is -0.423 e. The molecule has 0 unspecified atom stereocenters. The van der Waals surface area contributed by atoms with E-state index in [0.717, 1.165) is 18.7 Å². The Hall–Kier alpha value is -0.905. The molecule has 1 fully saturated rings. The van der Waals surface area contributed by atoms with Gasteiger partial charge in [0.2, 0.25) is 0 Å². The van der Waals surface area contributed by atoms with E-state index in [1.165, 1.54) is 25.0 Å². The van der Waals surface area contributed by atoms with Gasteiger partial charge in [0.05, 0.1) is 0 Å². The lowest BCUT2D eigenvalue weighted by Gasteiger charge is -2.17. The Balaban J connectivity index is 2.18. The minimum absolute atomic E-state index is 0.270. The Morgan fingerprint density at radius 3 is 2.56 bits per heavy atom. The Morgan fingerprint density at radius 1 is 1.25 bits per heavy atom. The molecule has 0 saturated carbocycles. The van der Waals surface area contributed by atoms with Crippen LogP contribution in [0.5, 0.6) is 0 Å². The molecule has 0 aromatic heterocycles. The SMILES string of the molecule is OB(O)c1cc(F)ccc1CN1CCCC1. The number of hydrogen-bond donors (Lipinski definition) is 2. The fourth-order valence-corrected chi connectivity index (χ4v) is 2.13. The molecule has 1 aromatic carbocycles. The Morgan fingerprint density at radius 2 is 1.94 bits per heavy atom. The normalized spacial score (nSPS) is 16.7. The highest BCUT2D eigenvalue weighted by Gasteiger charge is 2.19. The molecule has 1 aliphatic heterocycles. The molecule has 0 amide bonds. The van der Waals surface area contributed by atoms with Crippen LogP contribution in [0.2, 0.25) is 0 Å². The second-order valence-electron chi connectivity index (χ2n) is 4.20. The summed E-state index contributed by atoms with van der Waals surface area (Å²) in [6, 6.07) is 4.18. The molecule has 2 N–H and O–H groups in total. The fraction of sp³-hybridized carbons (Fsp3) is 0.455. The molecule has 0 spiro atoms. The van der Waals surface area contributed by atoms with Crippen LogP contribution in [-0.2, 0) is 6.54 Å². The van der Waals surface area contributed by atoms with E-state index in [0.29, 0.717) is 6.54 Å². The largest absolute Gasteiger partial charge is 0.488 e. The predicted molar refractivity (Wildman–Crippen MR) is 60.7 cm³/mol. The average molecular weight is 223 g/mol. The van der Waals surface area contributed by atoms with Crippen molar-refractivity contribution in [3.8, 4) is 0 Å². The van der Waals surface area contributed by atoms with Gasteiger partial charge in [-0.15, -0.1) is 0 Å². The van der Waals surface area contributed by atoms with Crippen LogP contribution in [0, 0.1) is 5.82 Å². The zero-order valence-corrected chi connectivity index (χ0v) is 9.06. The molecule has 1 saturated heterocycles. The number of nitrogens with zero attached hydrogens (tertiary/aromatic N) is 1. The zero-order valence-electron chi connectivity index (χ0n) is 9.06. The maximum atomic E-state index is 13.0. The van der Waals surface area contributed by atoms with Crippen LogP contribution in [0.25, 0.3) is 0 Å². The van der Waals surface area contributed by atoms with Crippen molar-refractivity contribution in [2.24, 2.45) is 0 Å². The van der Waals surface area contributed by atoms with Crippen molar-refractivity contribution in [1.82, 2.24) is 4.90 Å². The molecular formula is C11H15BFNO2. The summed E-state index contributed by atoms with van der Waals surface area (Å²) in [7, 11) is -1.60. The van der Waals surface area contributed by atoms with E-state index >= 15 is 0 Å². The molecule has 0 atom stereocenters. The van der Waals surface area contributed by atoms with Crippen molar-refractivity contribution in [2.75, 3.05) is 13.1 Å². The topological polar surface area (TPSA) is 43.7 Å². The Labute approximate surface area is 94.7 Å². The van der Waals surface area contributed by atoms with Crippen LogP contribution in [0.1, 0.15) is 18.4 Å². The van der Waals surface area contributed by atoms with E-state index in [-0.39, 0.29) is 5.46 Å². The standard InChI is InChI=1S/C11H15BFNO2/c13-10-4-3-9(11(7-10)12(15)16)8-14-5-1-2-6-14/h3-4,7,15-16H,1-2,5-6,8H2. The van der Waals surface area contributed by atoms with Crippen LogP contribution in [0.3, 0.4) is 0 Å². The van der Waals surface area contributed by atoms with Crippen molar-refractivity contribution in [2.45, 2.75) is 19.4 Å². The summed E-state index contributed by atoms with van der Waals surface area (Å²) in [4.78, 5) is 2.24. The molecule has 3 nitrogen and oxygen atoms in total. The smallest absolute Gasteiger partial charge is 0.423 e. The number of hydrogen-bond acceptors (Lipinski definition) is 3. The molecule has 1 aliphatic rings. The average Bonchev–Trinajstić information content (AvgIpc) is 2.73. The second kappa shape index (κ2) is 4.95. The summed E-state index contributed by atoms with van der Waals surface area (Å²) in [6.45, 7) is 2.71. The molecule has 0 bridgehead atoms. The van der Waals surface area contributed by atoms with Gasteiger partial charge in [0.15, 0.2) is 0 Å². The van der Waals surface area contributed by atoms with Gasteiger partial charge in [-0.05, 0) is 49.1 Å². The first-order valence-corrected chi connectivity index (χ1v) is 5.53. The molecule has 0 aliphatic carbocycles. The maximum Gasteiger partial charge on any atom is 0.488 e. The van der Waals surface area contributed by atoms with Gasteiger partial charge in [0.1, 0.15) is 5.82 Å². The quantitative estimate of drug-likeness (QED) is 0.714. The van der Waals surface area contributed by atoms with E-state index in [2.05, 4.69) is 4.90 Å². The number of benzene rings is 1. The zero-order chi connectivity index (χ0) is 11.5. The summed E-state index contributed by atoms with van der Waals surface area (Å²) in [5.41, 5.74) is 1.06. The van der Waals surface area contributed by atoms with E-state index in [1.807, 2.05) is 0 Å². The molecule has 16 heavy (non-hydrogen) atoms. The van der Waals surface area contributed by atoms with Gasteiger partial charge >= 0.3 is 7.12 Å². The van der Waals surface area contributed by atoms with Crippen LogP contribution in [0.15, 0.2) is 18.2 Å². The highest BCUT2D eigenvalue weighted by Crippen LogP contribution is 2.12. The summed E-state index contributed by atoms with van der Waals surface area (Å²) in [5.74, 6) is -0.437. The van der Waals surface area contributed by atoms with Gasteiger partial charge in [-0.2, -0.15) is 0 Å². The van der Waals surface area contributed by atoms with Crippen molar-refractivity contribution in [1.29, 1.82) is 0 Å². The lowest BCUT2D eigenvalue weighted by atomic mass is 9.77. The lowest BCUT2D eigenvalue weighted by molar-refractivity contribution is 0.331. The number of rotatable bonds is 3. The van der Waals surface area contributed by atoms with Crippen molar-refractivity contribution < 1.29 is 14.4 Å². The summed E-state index contributed by atoms with van der Waals surface area (Å²) >= 11 is 0. The Bertz CT molecular complexity index is 367. The molecule has 1 aromatic rings. The molecular weight excluding hydrogens is 208 g/mol.